The van der Waals surface area contributed by atoms with Crippen molar-refractivity contribution in [2.75, 3.05) is 20.3 Å². The summed E-state index contributed by atoms with van der Waals surface area (Å²) in [6.07, 6.45) is -4.76. The maximum atomic E-state index is 12.1. The molecule has 118 valence electrons. The lowest BCUT2D eigenvalue weighted by Gasteiger charge is -2.28. The number of amides is 1. The zero-order chi connectivity index (χ0) is 16.1. The zero-order valence-electron chi connectivity index (χ0n) is 11.7. The molecule has 5 nitrogen and oxygen atoms in total. The fourth-order valence-corrected chi connectivity index (χ4v) is 1.72. The number of carbonyl (C=O) groups is 1. The Kier molecular flexibility index (Phi) is 5.56. The minimum Gasteiger partial charge on any atom is -0.406 e. The van der Waals surface area contributed by atoms with Gasteiger partial charge in [0.2, 0.25) is 5.91 Å². The molecule has 0 saturated carbocycles. The van der Waals surface area contributed by atoms with Crippen LogP contribution in [0.15, 0.2) is 24.3 Å². The van der Waals surface area contributed by atoms with Crippen LogP contribution in [-0.2, 0) is 15.1 Å². The van der Waals surface area contributed by atoms with Gasteiger partial charge in [0.1, 0.15) is 11.3 Å². The lowest BCUT2D eigenvalue weighted by Crippen LogP contribution is -2.51. The van der Waals surface area contributed by atoms with Crippen molar-refractivity contribution in [1.82, 2.24) is 5.32 Å². The third-order valence-corrected chi connectivity index (χ3v) is 2.94. The first kappa shape index (κ1) is 17.3. The molecule has 0 aliphatic heterocycles. The average molecular weight is 306 g/mol. The summed E-state index contributed by atoms with van der Waals surface area (Å²) >= 11 is 0. The highest BCUT2D eigenvalue weighted by Gasteiger charge is 2.34. The van der Waals surface area contributed by atoms with E-state index in [1.165, 1.54) is 19.2 Å². The standard InChI is InChI=1S/C13H17F3N2O3/c1-12(11(17)19,18-7-8-20-2)9-3-5-10(6-4-9)21-13(14,15)16/h3-6,18H,7-8H2,1-2H3,(H2,17,19). The number of methoxy groups -OCH3 is 1. The molecular formula is C13H17F3N2O3. The number of hydrogen-bond donors (Lipinski definition) is 2. The Morgan fingerprint density at radius 3 is 2.29 bits per heavy atom. The number of nitrogens with two attached hydrogens (primary N) is 1. The second kappa shape index (κ2) is 6.77. The summed E-state index contributed by atoms with van der Waals surface area (Å²) in [5.41, 5.74) is 4.59. The normalized spacial score (nSPS) is 14.5. The van der Waals surface area contributed by atoms with Gasteiger partial charge in [-0.15, -0.1) is 13.2 Å². The minimum absolute atomic E-state index is 0.358. The van der Waals surface area contributed by atoms with Crippen molar-refractivity contribution in [2.24, 2.45) is 5.73 Å². The molecule has 0 fully saturated rings. The number of ether oxygens (including phenoxy) is 2. The monoisotopic (exact) mass is 306 g/mol. The topological polar surface area (TPSA) is 73.6 Å². The molecule has 0 aliphatic carbocycles. The Morgan fingerprint density at radius 2 is 1.86 bits per heavy atom. The Balaban J connectivity index is 2.91. The molecule has 1 rings (SSSR count). The number of rotatable bonds is 7. The smallest absolute Gasteiger partial charge is 0.406 e. The largest absolute Gasteiger partial charge is 0.573 e. The molecule has 1 unspecified atom stereocenters. The van der Waals surface area contributed by atoms with E-state index in [0.29, 0.717) is 18.7 Å². The number of hydrogen-bond acceptors (Lipinski definition) is 4. The van der Waals surface area contributed by atoms with Crippen LogP contribution in [0.25, 0.3) is 0 Å². The Morgan fingerprint density at radius 1 is 1.29 bits per heavy atom. The molecule has 0 spiro atoms. The van der Waals surface area contributed by atoms with Gasteiger partial charge >= 0.3 is 6.36 Å². The number of carbonyl (C=O) groups excluding carboxylic acids is 1. The van der Waals surface area contributed by atoms with Gasteiger partial charge in [-0.2, -0.15) is 0 Å². The molecule has 1 aromatic carbocycles. The van der Waals surface area contributed by atoms with E-state index in [-0.39, 0.29) is 5.75 Å². The fraction of sp³-hybridized carbons (Fsp3) is 0.462. The van der Waals surface area contributed by atoms with Crippen LogP contribution in [-0.4, -0.2) is 32.5 Å². The lowest BCUT2D eigenvalue weighted by atomic mass is 9.91. The van der Waals surface area contributed by atoms with Gasteiger partial charge in [0, 0.05) is 13.7 Å². The molecule has 1 atom stereocenters. The van der Waals surface area contributed by atoms with Gasteiger partial charge in [-0.25, -0.2) is 0 Å². The van der Waals surface area contributed by atoms with Crippen molar-refractivity contribution in [3.05, 3.63) is 29.8 Å². The van der Waals surface area contributed by atoms with Gasteiger partial charge < -0.3 is 15.2 Å². The van der Waals surface area contributed by atoms with E-state index in [1.54, 1.807) is 6.92 Å². The molecule has 3 N–H and O–H groups in total. The lowest BCUT2D eigenvalue weighted by molar-refractivity contribution is -0.274. The molecule has 0 aromatic heterocycles. The SMILES string of the molecule is COCCNC(C)(C(N)=O)c1ccc(OC(F)(F)F)cc1. The van der Waals surface area contributed by atoms with Crippen molar-refractivity contribution in [3.8, 4) is 5.75 Å². The molecule has 1 aromatic rings. The molecule has 0 radical (unpaired) electrons. The second-order valence-corrected chi connectivity index (χ2v) is 4.48. The van der Waals surface area contributed by atoms with E-state index in [2.05, 4.69) is 10.1 Å². The van der Waals surface area contributed by atoms with Crippen molar-refractivity contribution in [3.63, 3.8) is 0 Å². The van der Waals surface area contributed by atoms with Crippen LogP contribution in [0.5, 0.6) is 5.75 Å². The number of benzene rings is 1. The minimum atomic E-state index is -4.76. The van der Waals surface area contributed by atoms with Crippen LogP contribution in [0.1, 0.15) is 12.5 Å². The first-order valence-electron chi connectivity index (χ1n) is 6.09. The summed E-state index contributed by atoms with van der Waals surface area (Å²) in [5, 5.41) is 2.92. The number of alkyl halides is 3. The van der Waals surface area contributed by atoms with Crippen LogP contribution < -0.4 is 15.8 Å². The van der Waals surface area contributed by atoms with Gasteiger partial charge in [-0.05, 0) is 24.6 Å². The Hall–Kier alpha value is -1.80. The van der Waals surface area contributed by atoms with Gasteiger partial charge in [0.05, 0.1) is 6.61 Å². The highest BCUT2D eigenvalue weighted by atomic mass is 19.4. The third kappa shape index (κ3) is 4.91. The summed E-state index contributed by atoms with van der Waals surface area (Å²) < 4.78 is 44.9. The molecular weight excluding hydrogens is 289 g/mol. The number of nitrogens with one attached hydrogen (secondary N) is 1. The van der Waals surface area contributed by atoms with E-state index in [0.717, 1.165) is 12.1 Å². The van der Waals surface area contributed by atoms with Crippen LogP contribution >= 0.6 is 0 Å². The van der Waals surface area contributed by atoms with Crippen LogP contribution in [0, 0.1) is 0 Å². The highest BCUT2D eigenvalue weighted by molar-refractivity contribution is 5.85. The van der Waals surface area contributed by atoms with E-state index in [4.69, 9.17) is 10.5 Å². The van der Waals surface area contributed by atoms with E-state index >= 15 is 0 Å². The van der Waals surface area contributed by atoms with Crippen molar-refractivity contribution in [1.29, 1.82) is 0 Å². The summed E-state index contributed by atoms with van der Waals surface area (Å²) in [6, 6.07) is 4.96. The van der Waals surface area contributed by atoms with Gasteiger partial charge in [-0.3, -0.25) is 10.1 Å². The van der Waals surface area contributed by atoms with E-state index in [1.807, 2.05) is 0 Å². The van der Waals surface area contributed by atoms with E-state index < -0.39 is 17.8 Å². The third-order valence-electron chi connectivity index (χ3n) is 2.94. The predicted molar refractivity (Wildman–Crippen MR) is 69.6 cm³/mol. The average Bonchev–Trinajstić information content (AvgIpc) is 2.37. The quantitative estimate of drug-likeness (QED) is 0.749. The first-order valence-corrected chi connectivity index (χ1v) is 6.09. The van der Waals surface area contributed by atoms with Crippen LogP contribution in [0.3, 0.4) is 0 Å². The van der Waals surface area contributed by atoms with Gasteiger partial charge in [0.15, 0.2) is 0 Å². The van der Waals surface area contributed by atoms with Crippen molar-refractivity contribution in [2.45, 2.75) is 18.8 Å². The first-order chi connectivity index (χ1) is 9.69. The van der Waals surface area contributed by atoms with Crippen LogP contribution in [0.2, 0.25) is 0 Å². The predicted octanol–water partition coefficient (Wildman–Crippen LogP) is 1.52. The van der Waals surface area contributed by atoms with E-state index in [9.17, 15) is 18.0 Å². The fourth-order valence-electron chi connectivity index (χ4n) is 1.72. The molecule has 21 heavy (non-hydrogen) atoms. The maximum absolute atomic E-state index is 12.1. The summed E-state index contributed by atoms with van der Waals surface area (Å²) in [6.45, 7) is 2.26. The Bertz CT molecular complexity index is 477. The number of primary amides is 1. The highest BCUT2D eigenvalue weighted by Crippen LogP contribution is 2.26. The maximum Gasteiger partial charge on any atom is 0.573 e. The van der Waals surface area contributed by atoms with Crippen molar-refractivity contribution < 1.29 is 27.4 Å². The Labute approximate surface area is 120 Å². The summed E-state index contributed by atoms with van der Waals surface area (Å²) in [5.74, 6) is -1.02. The van der Waals surface area contributed by atoms with Gasteiger partial charge in [-0.1, -0.05) is 12.1 Å². The molecule has 8 heteroatoms. The molecule has 0 saturated heterocycles. The second-order valence-electron chi connectivity index (χ2n) is 4.48. The molecule has 1 amide bonds. The number of halogens is 3. The van der Waals surface area contributed by atoms with Crippen LogP contribution in [0.4, 0.5) is 13.2 Å². The molecule has 0 bridgehead atoms. The van der Waals surface area contributed by atoms with Gasteiger partial charge in [0.25, 0.3) is 0 Å². The summed E-state index contributed by atoms with van der Waals surface area (Å²) in [7, 11) is 1.51. The zero-order valence-corrected chi connectivity index (χ0v) is 11.7. The molecule has 0 aliphatic rings. The summed E-state index contributed by atoms with van der Waals surface area (Å²) in [4.78, 5) is 11.6. The van der Waals surface area contributed by atoms with Crippen molar-refractivity contribution >= 4 is 5.91 Å². The molecule has 0 heterocycles.